The molecular weight excluding hydrogens is 306 g/mol. The van der Waals surface area contributed by atoms with Gasteiger partial charge < -0.3 is 15.2 Å². The number of hydrogen-bond donors (Lipinski definition) is 2. The summed E-state index contributed by atoms with van der Waals surface area (Å²) in [5, 5.41) is 12.3. The summed E-state index contributed by atoms with van der Waals surface area (Å²) in [5.74, 6) is -0.618. The average Bonchev–Trinajstić information content (AvgIpc) is 2.51. The molecule has 6 heteroatoms. The Balaban J connectivity index is 1.65. The van der Waals surface area contributed by atoms with Crippen LogP contribution in [0.1, 0.15) is 31.2 Å². The van der Waals surface area contributed by atoms with Gasteiger partial charge in [0.15, 0.2) is 0 Å². The number of nitrogens with one attached hydrogen (secondary N) is 1. The summed E-state index contributed by atoms with van der Waals surface area (Å²) >= 11 is 5.86. The monoisotopic (exact) mass is 325 g/mol. The predicted octanol–water partition coefficient (Wildman–Crippen LogP) is 3.46. The van der Waals surface area contributed by atoms with Crippen molar-refractivity contribution in [1.82, 2.24) is 5.32 Å². The minimum atomic E-state index is -0.715. The van der Waals surface area contributed by atoms with Crippen molar-refractivity contribution in [2.24, 2.45) is 11.8 Å². The third kappa shape index (κ3) is 5.22. The Kier molecular flexibility index (Phi) is 6.07. The Bertz CT molecular complexity index is 527. The van der Waals surface area contributed by atoms with Crippen molar-refractivity contribution < 1.29 is 19.4 Å². The molecule has 1 saturated carbocycles. The summed E-state index contributed by atoms with van der Waals surface area (Å²) in [5.41, 5.74) is 0.838. The molecule has 0 aromatic heterocycles. The van der Waals surface area contributed by atoms with Crippen LogP contribution >= 0.6 is 11.6 Å². The maximum Gasteiger partial charge on any atom is 0.407 e. The molecule has 2 rings (SSSR count). The van der Waals surface area contributed by atoms with E-state index in [1.165, 1.54) is 0 Å². The number of halogens is 1. The minimum absolute atomic E-state index is 0.179. The SMILES string of the molecule is O=C(NCC1CCC(C(=O)O)CC1)OCc1cccc(Cl)c1. The second-order valence-corrected chi connectivity index (χ2v) is 6.08. The Labute approximate surface area is 134 Å². The maximum atomic E-state index is 11.7. The zero-order chi connectivity index (χ0) is 15.9. The fraction of sp³-hybridized carbons (Fsp3) is 0.500. The van der Waals surface area contributed by atoms with Crippen LogP contribution in [0.5, 0.6) is 0 Å². The van der Waals surface area contributed by atoms with Gasteiger partial charge >= 0.3 is 12.1 Å². The van der Waals surface area contributed by atoms with Gasteiger partial charge in [-0.1, -0.05) is 23.7 Å². The third-order valence-corrected chi connectivity index (χ3v) is 4.23. The van der Waals surface area contributed by atoms with Crippen LogP contribution in [0.3, 0.4) is 0 Å². The maximum absolute atomic E-state index is 11.7. The molecule has 0 aliphatic heterocycles. The van der Waals surface area contributed by atoms with Gasteiger partial charge in [0.2, 0.25) is 0 Å². The molecule has 2 N–H and O–H groups in total. The molecule has 1 aromatic carbocycles. The lowest BCUT2D eigenvalue weighted by molar-refractivity contribution is -0.143. The van der Waals surface area contributed by atoms with Crippen molar-refractivity contribution in [2.75, 3.05) is 6.54 Å². The number of benzene rings is 1. The number of hydrogen-bond acceptors (Lipinski definition) is 3. The lowest BCUT2D eigenvalue weighted by Crippen LogP contribution is -2.32. The van der Waals surface area contributed by atoms with E-state index in [0.717, 1.165) is 18.4 Å². The molecule has 5 nitrogen and oxygen atoms in total. The highest BCUT2D eigenvalue weighted by atomic mass is 35.5. The molecule has 120 valence electrons. The summed E-state index contributed by atoms with van der Waals surface area (Å²) in [6.45, 7) is 0.707. The van der Waals surface area contributed by atoms with Crippen molar-refractivity contribution >= 4 is 23.7 Å². The molecule has 0 saturated heterocycles. The van der Waals surface area contributed by atoms with Crippen molar-refractivity contribution in [3.63, 3.8) is 0 Å². The second-order valence-electron chi connectivity index (χ2n) is 5.64. The number of carbonyl (C=O) groups is 2. The van der Waals surface area contributed by atoms with Crippen LogP contribution < -0.4 is 5.32 Å². The van der Waals surface area contributed by atoms with Crippen molar-refractivity contribution in [3.05, 3.63) is 34.9 Å². The molecule has 1 aliphatic rings. The van der Waals surface area contributed by atoms with Gasteiger partial charge in [0.05, 0.1) is 5.92 Å². The van der Waals surface area contributed by atoms with Gasteiger partial charge in [-0.25, -0.2) is 4.79 Å². The van der Waals surface area contributed by atoms with Gasteiger partial charge in [0, 0.05) is 11.6 Å². The second kappa shape index (κ2) is 8.03. The first-order chi connectivity index (χ1) is 10.5. The Morgan fingerprint density at radius 3 is 2.64 bits per heavy atom. The standard InChI is InChI=1S/C16H20ClNO4/c17-14-3-1-2-12(8-14)10-22-16(21)18-9-11-4-6-13(7-5-11)15(19)20/h1-3,8,11,13H,4-7,9-10H2,(H,18,21)(H,19,20). The molecule has 0 atom stereocenters. The third-order valence-electron chi connectivity index (χ3n) is 3.99. The lowest BCUT2D eigenvalue weighted by atomic mass is 9.82. The van der Waals surface area contributed by atoms with Crippen LogP contribution in [0.25, 0.3) is 0 Å². The molecule has 0 radical (unpaired) electrons. The van der Waals surface area contributed by atoms with E-state index in [2.05, 4.69) is 5.32 Å². The summed E-state index contributed by atoms with van der Waals surface area (Å²) < 4.78 is 5.13. The van der Waals surface area contributed by atoms with Crippen molar-refractivity contribution in [2.45, 2.75) is 32.3 Å². The van der Waals surface area contributed by atoms with Crippen LogP contribution in [-0.2, 0) is 16.1 Å². The van der Waals surface area contributed by atoms with Gasteiger partial charge in [-0.2, -0.15) is 0 Å². The van der Waals surface area contributed by atoms with Gasteiger partial charge in [-0.05, 0) is 49.3 Å². The minimum Gasteiger partial charge on any atom is -0.481 e. The van der Waals surface area contributed by atoms with Crippen LogP contribution in [0.2, 0.25) is 5.02 Å². The number of carboxylic acids is 1. The predicted molar refractivity (Wildman–Crippen MR) is 82.7 cm³/mol. The van der Waals surface area contributed by atoms with E-state index in [-0.39, 0.29) is 12.5 Å². The first-order valence-electron chi connectivity index (χ1n) is 7.42. The number of ether oxygens (including phenoxy) is 1. The van der Waals surface area contributed by atoms with Crippen LogP contribution in [0.4, 0.5) is 4.79 Å². The number of carboxylic acid groups (broad SMARTS) is 1. The van der Waals surface area contributed by atoms with Gasteiger partial charge in [-0.3, -0.25) is 4.79 Å². The van der Waals surface area contributed by atoms with Crippen molar-refractivity contribution in [3.8, 4) is 0 Å². The zero-order valence-electron chi connectivity index (χ0n) is 12.3. The number of carbonyl (C=O) groups excluding carboxylic acids is 1. The molecule has 1 aromatic rings. The van der Waals surface area contributed by atoms with E-state index in [4.69, 9.17) is 21.4 Å². The molecule has 1 aliphatic carbocycles. The van der Waals surface area contributed by atoms with E-state index < -0.39 is 12.1 Å². The molecule has 0 bridgehead atoms. The molecule has 22 heavy (non-hydrogen) atoms. The molecule has 1 amide bonds. The van der Waals surface area contributed by atoms with E-state index >= 15 is 0 Å². The summed E-state index contributed by atoms with van der Waals surface area (Å²) in [6, 6.07) is 7.16. The fourth-order valence-electron chi connectivity index (χ4n) is 2.67. The van der Waals surface area contributed by atoms with E-state index in [9.17, 15) is 9.59 Å². The molecular formula is C16H20ClNO4. The van der Waals surface area contributed by atoms with Crippen LogP contribution in [0, 0.1) is 11.8 Å². The quantitative estimate of drug-likeness (QED) is 0.869. The topological polar surface area (TPSA) is 75.6 Å². The Morgan fingerprint density at radius 1 is 1.27 bits per heavy atom. The van der Waals surface area contributed by atoms with Crippen LogP contribution in [0.15, 0.2) is 24.3 Å². The normalized spacial score (nSPS) is 21.1. The van der Waals surface area contributed by atoms with Gasteiger partial charge in [0.25, 0.3) is 0 Å². The number of amides is 1. The largest absolute Gasteiger partial charge is 0.481 e. The lowest BCUT2D eigenvalue weighted by Gasteiger charge is -2.25. The average molecular weight is 326 g/mol. The molecule has 1 fully saturated rings. The number of aliphatic carboxylic acids is 1. The highest BCUT2D eigenvalue weighted by molar-refractivity contribution is 6.30. The highest BCUT2D eigenvalue weighted by Crippen LogP contribution is 2.28. The van der Waals surface area contributed by atoms with E-state index in [0.29, 0.717) is 30.3 Å². The van der Waals surface area contributed by atoms with Gasteiger partial charge in [0.1, 0.15) is 6.61 Å². The van der Waals surface area contributed by atoms with E-state index in [1.54, 1.807) is 18.2 Å². The first kappa shape index (κ1) is 16.6. The molecule has 0 spiro atoms. The number of rotatable bonds is 5. The first-order valence-corrected chi connectivity index (χ1v) is 7.80. The van der Waals surface area contributed by atoms with Gasteiger partial charge in [-0.15, -0.1) is 0 Å². The van der Waals surface area contributed by atoms with Crippen LogP contribution in [-0.4, -0.2) is 23.7 Å². The Hall–Kier alpha value is -1.75. The smallest absolute Gasteiger partial charge is 0.407 e. The Morgan fingerprint density at radius 2 is 2.00 bits per heavy atom. The number of alkyl carbamates (subject to hydrolysis) is 1. The van der Waals surface area contributed by atoms with Crippen molar-refractivity contribution in [1.29, 1.82) is 0 Å². The summed E-state index contributed by atoms with van der Waals surface area (Å²) in [4.78, 5) is 22.5. The summed E-state index contributed by atoms with van der Waals surface area (Å²) in [6.07, 6.45) is 2.55. The fourth-order valence-corrected chi connectivity index (χ4v) is 2.88. The van der Waals surface area contributed by atoms with E-state index in [1.807, 2.05) is 6.07 Å². The molecule has 0 heterocycles. The summed E-state index contributed by atoms with van der Waals surface area (Å²) in [7, 11) is 0. The zero-order valence-corrected chi connectivity index (χ0v) is 13.0. The highest BCUT2D eigenvalue weighted by Gasteiger charge is 2.26. The molecule has 0 unspecified atom stereocenters.